The van der Waals surface area contributed by atoms with E-state index in [0.29, 0.717) is 16.4 Å². The van der Waals surface area contributed by atoms with Crippen LogP contribution in [0.2, 0.25) is 0 Å². The molecule has 8 heteroatoms. The van der Waals surface area contributed by atoms with Crippen LogP contribution in [0.15, 0.2) is 57.0 Å². The van der Waals surface area contributed by atoms with E-state index < -0.39 is 0 Å². The number of piperazine rings is 1. The van der Waals surface area contributed by atoms with Gasteiger partial charge in [-0.05, 0) is 28.1 Å². The Morgan fingerprint density at radius 2 is 1.86 bits per heavy atom. The molecule has 0 bridgehead atoms. The quantitative estimate of drug-likeness (QED) is 0.574. The van der Waals surface area contributed by atoms with Crippen molar-refractivity contribution in [2.24, 2.45) is 15.7 Å². The number of rotatable bonds is 3. The number of ether oxygens (including phenoxy) is 1. The molecule has 2 saturated heterocycles. The van der Waals surface area contributed by atoms with Gasteiger partial charge >= 0.3 is 0 Å². The highest BCUT2D eigenvalue weighted by Crippen LogP contribution is 2.39. The molecule has 4 heterocycles. The number of nitrogens with zero attached hydrogens (tertiary/aromatic N) is 5. The van der Waals surface area contributed by atoms with Crippen molar-refractivity contribution in [1.82, 2.24) is 9.38 Å². The van der Waals surface area contributed by atoms with Gasteiger partial charge in [0.05, 0.1) is 25.5 Å². The number of fused-ring (bicyclic) bond motifs is 1. The van der Waals surface area contributed by atoms with Gasteiger partial charge in [0.1, 0.15) is 11.9 Å². The van der Waals surface area contributed by atoms with Crippen LogP contribution < -0.4 is 15.1 Å². The fourth-order valence-electron chi connectivity index (χ4n) is 4.35. The third-order valence-corrected chi connectivity index (χ3v) is 6.92. The second kappa shape index (κ2) is 6.81. The number of allylic oxidation sites excluding steroid dienone is 1. The second-order valence-electron chi connectivity index (χ2n) is 7.58. The molecular weight excluding hydrogens is 420 g/mol. The second-order valence-corrected chi connectivity index (χ2v) is 8.33. The lowest BCUT2D eigenvalue weighted by molar-refractivity contribution is -0.0660. The average Bonchev–Trinajstić information content (AvgIpc) is 3.13. The van der Waals surface area contributed by atoms with Crippen molar-refractivity contribution in [2.75, 3.05) is 44.3 Å². The molecule has 5 rings (SSSR count). The molecule has 1 atom stereocenters. The molecule has 146 valence electrons. The van der Waals surface area contributed by atoms with Crippen LogP contribution in [0.25, 0.3) is 0 Å². The highest BCUT2D eigenvalue weighted by molar-refractivity contribution is 9.11. The van der Waals surface area contributed by atoms with E-state index >= 15 is 0 Å². The summed E-state index contributed by atoms with van der Waals surface area (Å²) in [7, 11) is 0. The molecule has 0 saturated carbocycles. The van der Waals surface area contributed by atoms with Crippen molar-refractivity contribution in [2.45, 2.75) is 13.0 Å². The minimum absolute atomic E-state index is 0.394. The fraction of sp³-hybridized carbons (Fsp3) is 0.400. The standard InChI is InChI=1S/C20H24BrN6O/c1-14-18(21)24-19(22)20-23-6-11-27(14,20)17-4-2-15(3-5-17)25-7-9-26(10-8-25)16-12-28-13-16/h2-6,11,16H,7-10,12-13H2,1H3,(H2,22,24)/q+1. The number of hydrogen-bond donors (Lipinski definition) is 1. The molecular formula is C20H24BrN6O+. The van der Waals surface area contributed by atoms with Gasteiger partial charge in [0.15, 0.2) is 10.3 Å². The Hall–Kier alpha value is -2.00. The van der Waals surface area contributed by atoms with Crippen molar-refractivity contribution in [3.05, 3.63) is 47.0 Å². The number of benzene rings is 1. The maximum absolute atomic E-state index is 6.17. The minimum Gasteiger partial charge on any atom is -0.378 e. The summed E-state index contributed by atoms with van der Waals surface area (Å²) in [6, 6.07) is 9.39. The minimum atomic E-state index is 0.394. The normalized spacial score (nSPS) is 28.1. The molecule has 0 aliphatic carbocycles. The first kappa shape index (κ1) is 18.1. The maximum Gasteiger partial charge on any atom is 0.285 e. The molecule has 0 spiro atoms. The van der Waals surface area contributed by atoms with E-state index in [1.807, 2.05) is 6.20 Å². The van der Waals surface area contributed by atoms with Gasteiger partial charge in [-0.2, -0.15) is 9.48 Å². The SMILES string of the molecule is CC1=C(Br)N=C(N)C2=NC=C[N+]21c1ccc(N2CCN(C3COC3)CC2)cc1. The Kier molecular flexibility index (Phi) is 4.39. The number of anilines is 1. The van der Waals surface area contributed by atoms with Crippen LogP contribution >= 0.6 is 15.9 Å². The first-order chi connectivity index (χ1) is 13.6. The van der Waals surface area contributed by atoms with Gasteiger partial charge in [-0.3, -0.25) is 4.90 Å². The number of nitrogens with two attached hydrogens (primary N) is 1. The summed E-state index contributed by atoms with van der Waals surface area (Å²) in [5.74, 6) is 1.20. The van der Waals surface area contributed by atoms with Crippen molar-refractivity contribution < 1.29 is 4.74 Å². The van der Waals surface area contributed by atoms with Gasteiger partial charge in [0.25, 0.3) is 5.84 Å². The van der Waals surface area contributed by atoms with Gasteiger partial charge in [0.2, 0.25) is 5.84 Å². The first-order valence-corrected chi connectivity index (χ1v) is 10.4. The lowest BCUT2D eigenvalue weighted by atomic mass is 10.1. The van der Waals surface area contributed by atoms with E-state index in [1.54, 1.807) is 0 Å². The number of hydrogen-bond acceptors (Lipinski definition) is 6. The highest BCUT2D eigenvalue weighted by atomic mass is 79.9. The Bertz CT molecular complexity index is 909. The smallest absolute Gasteiger partial charge is 0.285 e. The predicted molar refractivity (Wildman–Crippen MR) is 116 cm³/mol. The zero-order valence-corrected chi connectivity index (χ0v) is 17.5. The van der Waals surface area contributed by atoms with E-state index in [0.717, 1.165) is 61.2 Å². The molecule has 28 heavy (non-hydrogen) atoms. The molecule has 2 fully saturated rings. The van der Waals surface area contributed by atoms with Crippen LogP contribution in [-0.4, -0.2) is 62.0 Å². The van der Waals surface area contributed by atoms with Crippen LogP contribution in [0.3, 0.4) is 0 Å². The lowest BCUT2D eigenvalue weighted by Gasteiger charge is -2.43. The molecule has 7 nitrogen and oxygen atoms in total. The van der Waals surface area contributed by atoms with Crippen LogP contribution in [0.5, 0.6) is 0 Å². The van der Waals surface area contributed by atoms with Gasteiger partial charge in [0, 0.05) is 50.9 Å². The van der Waals surface area contributed by atoms with Gasteiger partial charge < -0.3 is 15.4 Å². The summed E-state index contributed by atoms with van der Waals surface area (Å²) >= 11 is 3.55. The van der Waals surface area contributed by atoms with Crippen LogP contribution in [0, 0.1) is 0 Å². The van der Waals surface area contributed by atoms with Crippen molar-refractivity contribution in [3.63, 3.8) is 0 Å². The van der Waals surface area contributed by atoms with Crippen molar-refractivity contribution >= 4 is 39.0 Å². The molecule has 0 radical (unpaired) electrons. The lowest BCUT2D eigenvalue weighted by Crippen LogP contribution is -2.56. The summed E-state index contributed by atoms with van der Waals surface area (Å²) < 4.78 is 6.49. The fourth-order valence-corrected chi connectivity index (χ4v) is 4.82. The number of aliphatic imine (C=N–C) groups is 2. The Morgan fingerprint density at radius 3 is 2.50 bits per heavy atom. The van der Waals surface area contributed by atoms with Crippen LogP contribution in [0.4, 0.5) is 11.4 Å². The van der Waals surface area contributed by atoms with E-state index in [-0.39, 0.29) is 0 Å². The summed E-state index contributed by atoms with van der Waals surface area (Å²) in [4.78, 5) is 13.9. The number of amidine groups is 2. The van der Waals surface area contributed by atoms with Crippen LogP contribution in [0.1, 0.15) is 6.92 Å². The van der Waals surface area contributed by atoms with Gasteiger partial charge in [-0.1, -0.05) is 0 Å². The monoisotopic (exact) mass is 443 g/mol. The van der Waals surface area contributed by atoms with Crippen LogP contribution in [-0.2, 0) is 4.74 Å². The van der Waals surface area contributed by atoms with Crippen molar-refractivity contribution in [1.29, 1.82) is 0 Å². The van der Waals surface area contributed by atoms with E-state index in [1.165, 1.54) is 5.69 Å². The Labute approximate surface area is 173 Å². The van der Waals surface area contributed by atoms with Crippen molar-refractivity contribution in [3.8, 4) is 0 Å². The average molecular weight is 444 g/mol. The number of halogens is 1. The zero-order chi connectivity index (χ0) is 19.3. The summed E-state index contributed by atoms with van der Waals surface area (Å²) in [6.45, 7) is 8.12. The topological polar surface area (TPSA) is 66.5 Å². The third kappa shape index (κ3) is 2.67. The molecule has 1 aromatic rings. The van der Waals surface area contributed by atoms with Gasteiger partial charge in [-0.25, -0.2) is 4.99 Å². The molecule has 0 amide bonds. The number of quaternary nitrogens is 1. The summed E-state index contributed by atoms with van der Waals surface area (Å²) in [6.07, 6.45) is 3.87. The molecule has 4 aliphatic rings. The van der Waals surface area contributed by atoms with E-state index in [4.69, 9.17) is 10.5 Å². The Morgan fingerprint density at radius 1 is 1.14 bits per heavy atom. The van der Waals surface area contributed by atoms with E-state index in [2.05, 4.69) is 73.1 Å². The highest BCUT2D eigenvalue weighted by Gasteiger charge is 2.46. The molecule has 4 aliphatic heterocycles. The molecule has 2 N–H and O–H groups in total. The maximum atomic E-state index is 6.17. The third-order valence-electron chi connectivity index (χ3n) is 6.17. The van der Waals surface area contributed by atoms with Gasteiger partial charge in [-0.15, -0.1) is 0 Å². The summed E-state index contributed by atoms with van der Waals surface area (Å²) in [5.41, 5.74) is 9.58. The molecule has 0 aromatic heterocycles. The molecule has 1 aromatic carbocycles. The van der Waals surface area contributed by atoms with E-state index in [9.17, 15) is 0 Å². The first-order valence-electron chi connectivity index (χ1n) is 9.63. The zero-order valence-electron chi connectivity index (χ0n) is 15.9. The predicted octanol–water partition coefficient (Wildman–Crippen LogP) is 2.35. The molecule has 1 unspecified atom stereocenters. The largest absolute Gasteiger partial charge is 0.378 e. The summed E-state index contributed by atoms with van der Waals surface area (Å²) in [5, 5.41) is 0. The Balaban J connectivity index is 1.38.